The van der Waals surface area contributed by atoms with E-state index in [-0.39, 0.29) is 0 Å². The minimum atomic E-state index is 0.406. The van der Waals surface area contributed by atoms with Gasteiger partial charge < -0.3 is 21.7 Å². The highest BCUT2D eigenvalue weighted by Crippen LogP contribution is 2.21. The molecule has 0 unspecified atom stereocenters. The largest absolute Gasteiger partial charge is 0.353 e. The van der Waals surface area contributed by atoms with E-state index in [1.807, 2.05) is 48.5 Å². The molecule has 0 fully saturated rings. The standard InChI is InChI=1S/C17H19N7S2/c18-7-8-19-15-22-16(20-11-3-1-5-13(25)9-11)24-17(23-15)21-12-4-2-6-14(26)10-12/h1-6,9-10,25-26H,7-8,18H2,(H3,19,20,21,22,23,24). The van der Waals surface area contributed by atoms with Crippen LogP contribution in [-0.2, 0) is 0 Å². The lowest BCUT2D eigenvalue weighted by Crippen LogP contribution is -2.16. The summed E-state index contributed by atoms with van der Waals surface area (Å²) in [4.78, 5) is 14.9. The summed E-state index contributed by atoms with van der Waals surface area (Å²) in [5.41, 5.74) is 7.21. The van der Waals surface area contributed by atoms with Crippen LogP contribution in [0.5, 0.6) is 0 Å². The number of benzene rings is 2. The molecule has 0 saturated carbocycles. The maximum absolute atomic E-state index is 5.55. The van der Waals surface area contributed by atoms with Gasteiger partial charge in [0, 0.05) is 34.3 Å². The van der Waals surface area contributed by atoms with E-state index in [1.54, 1.807) is 0 Å². The SMILES string of the molecule is NCCNc1nc(Nc2cccc(S)c2)nc(Nc2cccc(S)c2)n1. The summed E-state index contributed by atoms with van der Waals surface area (Å²) in [5.74, 6) is 1.24. The van der Waals surface area contributed by atoms with Crippen molar-refractivity contribution in [3.8, 4) is 0 Å². The normalized spacial score (nSPS) is 10.4. The van der Waals surface area contributed by atoms with E-state index in [0.717, 1.165) is 21.2 Å². The van der Waals surface area contributed by atoms with Gasteiger partial charge in [-0.3, -0.25) is 0 Å². The summed E-state index contributed by atoms with van der Waals surface area (Å²) in [6, 6.07) is 15.2. The topological polar surface area (TPSA) is 101 Å². The van der Waals surface area contributed by atoms with Gasteiger partial charge in [-0.05, 0) is 36.4 Å². The van der Waals surface area contributed by atoms with Gasteiger partial charge in [-0.2, -0.15) is 15.0 Å². The first kappa shape index (κ1) is 18.3. The smallest absolute Gasteiger partial charge is 0.233 e. The highest BCUT2D eigenvalue weighted by molar-refractivity contribution is 7.80. The molecule has 0 spiro atoms. The number of nitrogens with two attached hydrogens (primary N) is 1. The quantitative estimate of drug-likeness (QED) is 0.347. The monoisotopic (exact) mass is 385 g/mol. The Balaban J connectivity index is 1.87. The average molecular weight is 386 g/mol. The zero-order valence-corrected chi connectivity index (χ0v) is 15.6. The fraction of sp³-hybridized carbons (Fsp3) is 0.118. The van der Waals surface area contributed by atoms with Crippen molar-refractivity contribution in [1.29, 1.82) is 0 Å². The molecule has 0 amide bonds. The lowest BCUT2D eigenvalue weighted by Gasteiger charge is -2.11. The van der Waals surface area contributed by atoms with E-state index in [2.05, 4.69) is 56.2 Å². The molecule has 0 aliphatic carbocycles. The van der Waals surface area contributed by atoms with Crippen LogP contribution in [0.2, 0.25) is 0 Å². The van der Waals surface area contributed by atoms with Crippen LogP contribution in [0.1, 0.15) is 0 Å². The third kappa shape index (κ3) is 5.25. The second-order valence-electron chi connectivity index (χ2n) is 5.37. The summed E-state index contributed by atoms with van der Waals surface area (Å²) in [5, 5.41) is 9.40. The molecule has 0 bridgehead atoms. The summed E-state index contributed by atoms with van der Waals surface area (Å²) >= 11 is 8.69. The molecule has 0 radical (unpaired) electrons. The van der Waals surface area contributed by atoms with Crippen molar-refractivity contribution in [2.24, 2.45) is 5.73 Å². The van der Waals surface area contributed by atoms with Crippen molar-refractivity contribution < 1.29 is 0 Å². The Bertz CT molecular complexity index is 823. The lowest BCUT2D eigenvalue weighted by atomic mass is 10.3. The summed E-state index contributed by atoms with van der Waals surface area (Å²) in [6.45, 7) is 1.03. The molecule has 1 heterocycles. The molecule has 7 nitrogen and oxygen atoms in total. The molecule has 134 valence electrons. The van der Waals surface area contributed by atoms with Crippen molar-refractivity contribution in [2.75, 3.05) is 29.0 Å². The fourth-order valence-electron chi connectivity index (χ4n) is 2.18. The van der Waals surface area contributed by atoms with Crippen molar-refractivity contribution in [2.45, 2.75) is 9.79 Å². The van der Waals surface area contributed by atoms with Crippen LogP contribution in [0.25, 0.3) is 0 Å². The number of hydrogen-bond donors (Lipinski definition) is 6. The van der Waals surface area contributed by atoms with Crippen LogP contribution in [0.3, 0.4) is 0 Å². The number of aromatic nitrogens is 3. The highest BCUT2D eigenvalue weighted by Gasteiger charge is 2.08. The molecule has 5 N–H and O–H groups in total. The second kappa shape index (κ2) is 8.75. The Morgan fingerprint density at radius 2 is 1.27 bits per heavy atom. The first-order valence-electron chi connectivity index (χ1n) is 7.94. The zero-order chi connectivity index (χ0) is 18.4. The molecular formula is C17H19N7S2. The molecule has 0 aliphatic heterocycles. The minimum Gasteiger partial charge on any atom is -0.353 e. The van der Waals surface area contributed by atoms with Gasteiger partial charge >= 0.3 is 0 Å². The van der Waals surface area contributed by atoms with Crippen LogP contribution in [0.15, 0.2) is 58.3 Å². The molecule has 0 saturated heterocycles. The Hall–Kier alpha value is -2.49. The van der Waals surface area contributed by atoms with E-state index in [0.29, 0.717) is 30.9 Å². The van der Waals surface area contributed by atoms with Gasteiger partial charge in [-0.15, -0.1) is 25.3 Å². The van der Waals surface area contributed by atoms with Gasteiger partial charge in [-0.25, -0.2) is 0 Å². The number of nitrogens with zero attached hydrogens (tertiary/aromatic N) is 3. The molecule has 1 aromatic heterocycles. The van der Waals surface area contributed by atoms with Crippen LogP contribution in [0.4, 0.5) is 29.2 Å². The van der Waals surface area contributed by atoms with Gasteiger partial charge in [0.05, 0.1) is 0 Å². The number of rotatable bonds is 7. The first-order chi connectivity index (χ1) is 12.6. The van der Waals surface area contributed by atoms with Gasteiger partial charge in [0.2, 0.25) is 17.8 Å². The summed E-state index contributed by atoms with van der Waals surface area (Å²) in [7, 11) is 0. The average Bonchev–Trinajstić information content (AvgIpc) is 2.60. The van der Waals surface area contributed by atoms with Crippen molar-refractivity contribution in [3.63, 3.8) is 0 Å². The first-order valence-corrected chi connectivity index (χ1v) is 8.84. The summed E-state index contributed by atoms with van der Waals surface area (Å²) in [6.07, 6.45) is 0. The van der Waals surface area contributed by atoms with E-state index < -0.39 is 0 Å². The van der Waals surface area contributed by atoms with E-state index in [1.165, 1.54) is 0 Å². The third-order valence-electron chi connectivity index (χ3n) is 3.27. The van der Waals surface area contributed by atoms with Crippen LogP contribution in [0, 0.1) is 0 Å². The van der Waals surface area contributed by atoms with E-state index in [4.69, 9.17) is 5.73 Å². The fourth-order valence-corrected chi connectivity index (χ4v) is 2.63. The maximum atomic E-state index is 5.55. The molecule has 0 aliphatic rings. The number of nitrogens with one attached hydrogen (secondary N) is 3. The van der Waals surface area contributed by atoms with Crippen molar-refractivity contribution in [1.82, 2.24) is 15.0 Å². The predicted octanol–water partition coefficient (Wildman–Crippen LogP) is 3.31. The Kier molecular flexibility index (Phi) is 6.16. The van der Waals surface area contributed by atoms with Crippen molar-refractivity contribution in [3.05, 3.63) is 48.5 Å². The molecule has 3 aromatic rings. The minimum absolute atomic E-state index is 0.406. The van der Waals surface area contributed by atoms with Crippen LogP contribution < -0.4 is 21.7 Å². The third-order valence-corrected chi connectivity index (χ3v) is 3.82. The summed E-state index contributed by atoms with van der Waals surface area (Å²) < 4.78 is 0. The molecule has 26 heavy (non-hydrogen) atoms. The maximum Gasteiger partial charge on any atom is 0.233 e. The van der Waals surface area contributed by atoms with Gasteiger partial charge in [0.25, 0.3) is 0 Å². The van der Waals surface area contributed by atoms with Gasteiger partial charge in [0.1, 0.15) is 0 Å². The molecule has 0 atom stereocenters. The van der Waals surface area contributed by atoms with Gasteiger partial charge in [0.15, 0.2) is 0 Å². The number of anilines is 5. The van der Waals surface area contributed by atoms with Crippen LogP contribution in [-0.4, -0.2) is 28.0 Å². The Morgan fingerprint density at radius 1 is 0.769 bits per heavy atom. The molecule has 9 heteroatoms. The van der Waals surface area contributed by atoms with E-state index >= 15 is 0 Å². The molecule has 2 aromatic carbocycles. The zero-order valence-electron chi connectivity index (χ0n) is 13.8. The van der Waals surface area contributed by atoms with Crippen LogP contribution >= 0.6 is 25.3 Å². The van der Waals surface area contributed by atoms with Crippen molar-refractivity contribution >= 4 is 54.5 Å². The van der Waals surface area contributed by atoms with E-state index in [9.17, 15) is 0 Å². The Morgan fingerprint density at radius 3 is 1.73 bits per heavy atom. The predicted molar refractivity (Wildman–Crippen MR) is 111 cm³/mol. The molecular weight excluding hydrogens is 366 g/mol. The molecule has 3 rings (SSSR count). The van der Waals surface area contributed by atoms with Gasteiger partial charge in [-0.1, -0.05) is 12.1 Å². The highest BCUT2D eigenvalue weighted by atomic mass is 32.1. The lowest BCUT2D eigenvalue weighted by molar-refractivity contribution is 0.973. The second-order valence-corrected chi connectivity index (χ2v) is 6.41. The number of thiol groups is 2. The number of hydrogen-bond acceptors (Lipinski definition) is 9. The Labute approximate surface area is 162 Å².